The molecule has 0 fully saturated rings. The van der Waals surface area contributed by atoms with Crippen LogP contribution in [-0.4, -0.2) is 32.5 Å². The fourth-order valence-corrected chi connectivity index (χ4v) is 2.81. The Bertz CT molecular complexity index is 514. The molecule has 1 aromatic carbocycles. The molecule has 0 heterocycles. The average Bonchev–Trinajstić information content (AvgIpc) is 2.26. The van der Waals surface area contributed by atoms with E-state index < -0.39 is 22.7 Å². The smallest absolute Gasteiger partial charge is 0.326 e. The van der Waals surface area contributed by atoms with E-state index >= 15 is 0 Å². The van der Waals surface area contributed by atoms with Crippen LogP contribution >= 0.6 is 0 Å². The first-order valence-electron chi connectivity index (χ1n) is 4.99. The minimum absolute atomic E-state index is 0.0603. The van der Waals surface area contributed by atoms with Gasteiger partial charge in [0.05, 0.1) is 4.90 Å². The van der Waals surface area contributed by atoms with E-state index in [-0.39, 0.29) is 21.3 Å². The zero-order chi connectivity index (χ0) is 14.0. The molecule has 0 radical (unpaired) electrons. The van der Waals surface area contributed by atoms with E-state index in [9.17, 15) is 21.6 Å². The number of sulfonamides is 1. The van der Waals surface area contributed by atoms with E-state index in [4.69, 9.17) is 5.73 Å². The maximum absolute atomic E-state index is 12.2. The summed E-state index contributed by atoms with van der Waals surface area (Å²) >= 11 is 0. The Morgan fingerprint density at radius 1 is 1.28 bits per heavy atom. The summed E-state index contributed by atoms with van der Waals surface area (Å²) in [6.07, 6.45) is -4.58. The number of benzene rings is 1. The fraction of sp³-hybridized carbons (Fsp3) is 0.400. The van der Waals surface area contributed by atoms with Crippen LogP contribution in [0.2, 0.25) is 0 Å². The third-order valence-corrected chi connectivity index (χ3v) is 4.19. The first kappa shape index (κ1) is 14.9. The zero-order valence-corrected chi connectivity index (χ0v) is 10.4. The highest BCUT2D eigenvalue weighted by Crippen LogP contribution is 2.23. The van der Waals surface area contributed by atoms with Crippen molar-refractivity contribution in [1.29, 1.82) is 0 Å². The normalized spacial score (nSPS) is 13.0. The predicted molar refractivity (Wildman–Crippen MR) is 60.2 cm³/mol. The SMILES string of the molecule is CN(CC(F)(F)F)S(=O)(=O)c1ccccc1CN. The lowest BCUT2D eigenvalue weighted by molar-refractivity contribution is -0.134. The van der Waals surface area contributed by atoms with Gasteiger partial charge in [-0.3, -0.25) is 0 Å². The monoisotopic (exact) mass is 282 g/mol. The molecule has 1 aromatic rings. The second kappa shape index (κ2) is 5.25. The molecule has 0 amide bonds. The van der Waals surface area contributed by atoms with Gasteiger partial charge in [-0.25, -0.2) is 8.42 Å². The highest BCUT2D eigenvalue weighted by atomic mass is 32.2. The molecule has 0 atom stereocenters. The lowest BCUT2D eigenvalue weighted by atomic mass is 10.2. The van der Waals surface area contributed by atoms with Crippen molar-refractivity contribution in [3.8, 4) is 0 Å². The molecule has 0 aliphatic heterocycles. The van der Waals surface area contributed by atoms with Gasteiger partial charge < -0.3 is 5.73 Å². The van der Waals surface area contributed by atoms with Crippen molar-refractivity contribution >= 4 is 10.0 Å². The molecule has 4 nitrogen and oxygen atoms in total. The summed E-state index contributed by atoms with van der Waals surface area (Å²) in [5.74, 6) is 0. The maximum atomic E-state index is 12.2. The number of rotatable bonds is 4. The molecule has 0 spiro atoms. The first-order chi connectivity index (χ1) is 8.18. The molecule has 0 aromatic heterocycles. The largest absolute Gasteiger partial charge is 0.402 e. The predicted octanol–water partition coefficient (Wildman–Crippen LogP) is 1.33. The summed E-state index contributed by atoms with van der Waals surface area (Å²) in [5.41, 5.74) is 5.65. The number of nitrogens with two attached hydrogens (primary N) is 1. The summed E-state index contributed by atoms with van der Waals surface area (Å²) < 4.78 is 60.8. The quantitative estimate of drug-likeness (QED) is 0.906. The highest BCUT2D eigenvalue weighted by Gasteiger charge is 2.35. The molecule has 0 aliphatic carbocycles. The van der Waals surface area contributed by atoms with Gasteiger partial charge in [-0.1, -0.05) is 18.2 Å². The molecular weight excluding hydrogens is 269 g/mol. The van der Waals surface area contributed by atoms with Gasteiger partial charge >= 0.3 is 6.18 Å². The summed E-state index contributed by atoms with van der Waals surface area (Å²) in [6, 6.07) is 5.72. The van der Waals surface area contributed by atoms with Crippen molar-refractivity contribution in [2.45, 2.75) is 17.6 Å². The van der Waals surface area contributed by atoms with Crippen LogP contribution in [0, 0.1) is 0 Å². The van der Waals surface area contributed by atoms with Crippen molar-refractivity contribution in [2.75, 3.05) is 13.6 Å². The van der Waals surface area contributed by atoms with Gasteiger partial charge in [0, 0.05) is 13.6 Å². The average molecular weight is 282 g/mol. The molecule has 0 saturated carbocycles. The molecule has 18 heavy (non-hydrogen) atoms. The van der Waals surface area contributed by atoms with Gasteiger partial charge in [0.25, 0.3) is 0 Å². The van der Waals surface area contributed by atoms with Crippen LogP contribution in [0.3, 0.4) is 0 Å². The minimum atomic E-state index is -4.58. The Hall–Kier alpha value is -1.12. The number of hydrogen-bond acceptors (Lipinski definition) is 3. The summed E-state index contributed by atoms with van der Waals surface area (Å²) in [6.45, 7) is -1.59. The van der Waals surface area contributed by atoms with Crippen molar-refractivity contribution in [3.63, 3.8) is 0 Å². The Balaban J connectivity index is 3.14. The fourth-order valence-electron chi connectivity index (χ4n) is 1.43. The van der Waals surface area contributed by atoms with Crippen molar-refractivity contribution in [2.24, 2.45) is 5.73 Å². The number of nitrogens with zero attached hydrogens (tertiary/aromatic N) is 1. The Morgan fingerprint density at radius 3 is 2.33 bits per heavy atom. The molecule has 0 saturated heterocycles. The lowest BCUT2D eigenvalue weighted by Crippen LogP contribution is -2.36. The maximum Gasteiger partial charge on any atom is 0.402 e. The molecule has 0 bridgehead atoms. The van der Waals surface area contributed by atoms with E-state index in [0.29, 0.717) is 0 Å². The van der Waals surface area contributed by atoms with Gasteiger partial charge in [0.15, 0.2) is 0 Å². The Kier molecular flexibility index (Phi) is 4.36. The highest BCUT2D eigenvalue weighted by molar-refractivity contribution is 7.89. The third-order valence-electron chi connectivity index (χ3n) is 2.28. The molecular formula is C10H13F3N2O2S. The summed E-state index contributed by atoms with van der Waals surface area (Å²) in [7, 11) is -3.30. The Morgan fingerprint density at radius 2 is 1.83 bits per heavy atom. The van der Waals surface area contributed by atoms with Gasteiger partial charge in [-0.2, -0.15) is 17.5 Å². The van der Waals surface area contributed by atoms with E-state index in [0.717, 1.165) is 7.05 Å². The molecule has 0 unspecified atom stereocenters. The molecule has 8 heteroatoms. The topological polar surface area (TPSA) is 63.4 Å². The summed E-state index contributed by atoms with van der Waals surface area (Å²) in [5, 5.41) is 0. The van der Waals surface area contributed by atoms with Crippen LogP contribution in [0.25, 0.3) is 0 Å². The van der Waals surface area contributed by atoms with Gasteiger partial charge in [0.2, 0.25) is 10.0 Å². The lowest BCUT2D eigenvalue weighted by Gasteiger charge is -2.20. The van der Waals surface area contributed by atoms with Gasteiger partial charge in [-0.05, 0) is 11.6 Å². The van der Waals surface area contributed by atoms with Crippen LogP contribution in [0.5, 0.6) is 0 Å². The third kappa shape index (κ3) is 3.44. The van der Waals surface area contributed by atoms with Gasteiger partial charge in [-0.15, -0.1) is 0 Å². The van der Waals surface area contributed by atoms with E-state index in [1.807, 2.05) is 0 Å². The molecule has 2 N–H and O–H groups in total. The summed E-state index contributed by atoms with van der Waals surface area (Å²) in [4.78, 5) is -0.195. The zero-order valence-electron chi connectivity index (χ0n) is 9.61. The van der Waals surface area contributed by atoms with Crippen molar-refractivity contribution in [1.82, 2.24) is 4.31 Å². The Labute approximate surface area is 103 Å². The molecule has 102 valence electrons. The molecule has 0 aliphatic rings. The van der Waals surface area contributed by atoms with E-state index in [1.165, 1.54) is 18.2 Å². The number of hydrogen-bond donors (Lipinski definition) is 1. The van der Waals surface area contributed by atoms with Crippen molar-refractivity contribution in [3.05, 3.63) is 29.8 Å². The number of halogens is 3. The van der Waals surface area contributed by atoms with Crippen LogP contribution in [-0.2, 0) is 16.6 Å². The molecule has 1 rings (SSSR count). The van der Waals surface area contributed by atoms with Gasteiger partial charge in [0.1, 0.15) is 6.54 Å². The van der Waals surface area contributed by atoms with E-state index in [2.05, 4.69) is 0 Å². The minimum Gasteiger partial charge on any atom is -0.326 e. The standard InChI is InChI=1S/C10H13F3N2O2S/c1-15(7-10(11,12)13)18(16,17)9-5-3-2-4-8(9)6-14/h2-5H,6-7,14H2,1H3. The second-order valence-electron chi connectivity index (χ2n) is 3.69. The van der Waals surface area contributed by atoms with Crippen LogP contribution < -0.4 is 5.73 Å². The first-order valence-corrected chi connectivity index (χ1v) is 6.43. The number of alkyl halides is 3. The second-order valence-corrected chi connectivity index (χ2v) is 5.70. The van der Waals surface area contributed by atoms with E-state index in [1.54, 1.807) is 6.07 Å². The van der Waals surface area contributed by atoms with Crippen LogP contribution in [0.1, 0.15) is 5.56 Å². The van der Waals surface area contributed by atoms with Crippen molar-refractivity contribution < 1.29 is 21.6 Å². The van der Waals surface area contributed by atoms with Crippen LogP contribution in [0.15, 0.2) is 29.2 Å². The van der Waals surface area contributed by atoms with Crippen LogP contribution in [0.4, 0.5) is 13.2 Å².